The topological polar surface area (TPSA) is 64.0 Å². The molecule has 1 aromatic carbocycles. The van der Waals surface area contributed by atoms with E-state index in [1.807, 2.05) is 13.8 Å². The second-order valence-corrected chi connectivity index (χ2v) is 7.82. The summed E-state index contributed by atoms with van der Waals surface area (Å²) >= 11 is 2.25. The molecule has 0 fully saturated rings. The van der Waals surface area contributed by atoms with Gasteiger partial charge in [-0.1, -0.05) is 18.7 Å². The summed E-state index contributed by atoms with van der Waals surface area (Å²) in [6.45, 7) is 3.85. The quantitative estimate of drug-likeness (QED) is 0.498. The van der Waals surface area contributed by atoms with Crippen LogP contribution in [0.4, 0.5) is 8.78 Å². The normalized spacial score (nSPS) is 12.3. The first kappa shape index (κ1) is 19.5. The zero-order valence-electron chi connectivity index (χ0n) is 14.7. The number of aromatic nitrogens is 2. The molecule has 3 rings (SSSR count). The van der Waals surface area contributed by atoms with Crippen LogP contribution in [0.2, 0.25) is 0 Å². The Labute approximate surface area is 162 Å². The molecular formula is C18H17F2N3O2S2. The minimum absolute atomic E-state index is 0.0320. The van der Waals surface area contributed by atoms with Crippen molar-refractivity contribution >= 4 is 39.2 Å². The Balaban J connectivity index is 2.03. The van der Waals surface area contributed by atoms with Crippen molar-refractivity contribution in [2.24, 2.45) is 0 Å². The van der Waals surface area contributed by atoms with Crippen molar-refractivity contribution in [3.8, 4) is 5.69 Å². The van der Waals surface area contributed by atoms with Crippen LogP contribution in [0.3, 0.4) is 0 Å². The maximum absolute atomic E-state index is 13.7. The Morgan fingerprint density at radius 2 is 2.04 bits per heavy atom. The molecule has 0 aliphatic rings. The largest absolute Gasteiger partial charge is 0.353 e. The third kappa shape index (κ3) is 4.36. The average Bonchev–Trinajstić information content (AvgIpc) is 3.07. The highest BCUT2D eigenvalue weighted by Crippen LogP contribution is 2.24. The summed E-state index contributed by atoms with van der Waals surface area (Å²) in [4.78, 5) is 29.4. The monoisotopic (exact) mass is 409 g/mol. The van der Waals surface area contributed by atoms with Gasteiger partial charge < -0.3 is 5.32 Å². The summed E-state index contributed by atoms with van der Waals surface area (Å²) in [6.07, 6.45) is 0.794. The van der Waals surface area contributed by atoms with E-state index < -0.39 is 17.2 Å². The van der Waals surface area contributed by atoms with Crippen LogP contribution >= 0.6 is 23.1 Å². The maximum Gasteiger partial charge on any atom is 0.276 e. The van der Waals surface area contributed by atoms with Crippen LogP contribution in [0.1, 0.15) is 20.3 Å². The van der Waals surface area contributed by atoms with Gasteiger partial charge >= 0.3 is 0 Å². The second kappa shape index (κ2) is 8.18. The number of carbonyl (C=O) groups excluding carboxylic acids is 1. The highest BCUT2D eigenvalue weighted by molar-refractivity contribution is 7.99. The van der Waals surface area contributed by atoms with Gasteiger partial charge in [0.1, 0.15) is 16.3 Å². The van der Waals surface area contributed by atoms with Gasteiger partial charge in [0.05, 0.1) is 17.0 Å². The van der Waals surface area contributed by atoms with Gasteiger partial charge in [-0.25, -0.2) is 13.8 Å². The van der Waals surface area contributed by atoms with Crippen LogP contribution in [0.15, 0.2) is 39.6 Å². The molecule has 0 spiro atoms. The number of nitrogens with zero attached hydrogens (tertiary/aromatic N) is 2. The van der Waals surface area contributed by atoms with Crippen molar-refractivity contribution < 1.29 is 13.6 Å². The van der Waals surface area contributed by atoms with Crippen molar-refractivity contribution in [2.75, 3.05) is 5.75 Å². The number of thioether (sulfide) groups is 1. The molecule has 1 atom stereocenters. The van der Waals surface area contributed by atoms with E-state index in [4.69, 9.17) is 0 Å². The van der Waals surface area contributed by atoms with Gasteiger partial charge in [0, 0.05) is 12.1 Å². The maximum atomic E-state index is 13.7. The van der Waals surface area contributed by atoms with E-state index in [1.54, 1.807) is 11.4 Å². The molecule has 0 radical (unpaired) electrons. The van der Waals surface area contributed by atoms with Gasteiger partial charge in [0.15, 0.2) is 5.16 Å². The van der Waals surface area contributed by atoms with Crippen molar-refractivity contribution in [1.29, 1.82) is 0 Å². The Kier molecular flexibility index (Phi) is 5.91. The third-order valence-electron chi connectivity index (χ3n) is 3.91. The van der Waals surface area contributed by atoms with Crippen LogP contribution in [-0.2, 0) is 4.79 Å². The lowest BCUT2D eigenvalue weighted by molar-refractivity contribution is -0.119. The molecule has 27 heavy (non-hydrogen) atoms. The fraction of sp³-hybridized carbons (Fsp3) is 0.278. The van der Waals surface area contributed by atoms with E-state index >= 15 is 0 Å². The van der Waals surface area contributed by atoms with E-state index in [9.17, 15) is 18.4 Å². The number of benzene rings is 1. The molecule has 2 heterocycles. The minimum atomic E-state index is -0.798. The molecule has 0 saturated heterocycles. The molecule has 142 valence electrons. The summed E-state index contributed by atoms with van der Waals surface area (Å²) < 4.78 is 28.9. The molecule has 5 nitrogen and oxygen atoms in total. The van der Waals surface area contributed by atoms with Gasteiger partial charge in [-0.2, -0.15) is 0 Å². The number of thiophene rings is 1. The molecule has 0 saturated carbocycles. The molecule has 0 aliphatic carbocycles. The number of halogens is 2. The number of hydrogen-bond acceptors (Lipinski definition) is 5. The van der Waals surface area contributed by atoms with Crippen LogP contribution in [0.5, 0.6) is 0 Å². The smallest absolute Gasteiger partial charge is 0.276 e. The molecule has 3 aromatic rings. The number of nitrogens with one attached hydrogen (secondary N) is 1. The van der Waals surface area contributed by atoms with Gasteiger partial charge in [-0.05, 0) is 36.9 Å². The summed E-state index contributed by atoms with van der Waals surface area (Å²) in [5.41, 5.74) is 0.0953. The molecule has 1 unspecified atom stereocenters. The molecule has 1 amide bonds. The molecule has 0 bridgehead atoms. The van der Waals surface area contributed by atoms with Crippen LogP contribution in [0.25, 0.3) is 15.9 Å². The van der Waals surface area contributed by atoms with Crippen LogP contribution in [-0.4, -0.2) is 27.3 Å². The van der Waals surface area contributed by atoms with Gasteiger partial charge in [-0.3, -0.25) is 14.2 Å². The SMILES string of the molecule is CCC(C)NC(=O)CSc1nc2ccsc2c(=O)n1-c1cc(F)cc(F)c1. The molecule has 0 aliphatic heterocycles. The number of amides is 1. The highest BCUT2D eigenvalue weighted by Gasteiger charge is 2.17. The third-order valence-corrected chi connectivity index (χ3v) is 5.74. The van der Waals surface area contributed by atoms with E-state index in [1.165, 1.54) is 11.3 Å². The fourth-order valence-corrected chi connectivity index (χ4v) is 4.02. The first-order valence-corrected chi connectivity index (χ1v) is 10.1. The van der Waals surface area contributed by atoms with Crippen LogP contribution in [0, 0.1) is 11.6 Å². The lowest BCUT2D eigenvalue weighted by Crippen LogP contribution is -2.33. The summed E-state index contributed by atoms with van der Waals surface area (Å²) in [7, 11) is 0. The van der Waals surface area contributed by atoms with Crippen LogP contribution < -0.4 is 10.9 Å². The van der Waals surface area contributed by atoms with E-state index in [0.717, 1.165) is 40.9 Å². The first-order valence-electron chi connectivity index (χ1n) is 8.28. The van der Waals surface area contributed by atoms with Gasteiger partial charge in [0.2, 0.25) is 5.91 Å². The van der Waals surface area contributed by atoms with Crippen molar-refractivity contribution in [2.45, 2.75) is 31.5 Å². The predicted molar refractivity (Wildman–Crippen MR) is 104 cm³/mol. The second-order valence-electron chi connectivity index (χ2n) is 5.96. The standard InChI is InChI=1S/C18H17F2N3O2S2/c1-3-10(2)21-15(24)9-27-18-22-14-4-5-26-16(14)17(25)23(18)13-7-11(19)6-12(20)8-13/h4-8,10H,3,9H2,1-2H3,(H,21,24). The van der Waals surface area contributed by atoms with E-state index in [-0.39, 0.29) is 28.5 Å². The van der Waals surface area contributed by atoms with Gasteiger partial charge in [0.25, 0.3) is 5.56 Å². The van der Waals surface area contributed by atoms with Crippen molar-refractivity contribution in [1.82, 2.24) is 14.9 Å². The number of hydrogen-bond donors (Lipinski definition) is 1. The molecule has 9 heteroatoms. The summed E-state index contributed by atoms with van der Waals surface area (Å²) in [5.74, 6) is -1.77. The predicted octanol–water partition coefficient (Wildman–Crippen LogP) is 3.73. The first-order chi connectivity index (χ1) is 12.9. The van der Waals surface area contributed by atoms with Crippen molar-refractivity contribution in [3.63, 3.8) is 0 Å². The summed E-state index contributed by atoms with van der Waals surface area (Å²) in [5, 5.41) is 4.76. The van der Waals surface area contributed by atoms with Crippen molar-refractivity contribution in [3.05, 3.63) is 51.6 Å². The summed E-state index contributed by atoms with van der Waals surface area (Å²) in [6, 6.07) is 4.59. The molecular weight excluding hydrogens is 392 g/mol. The van der Waals surface area contributed by atoms with Gasteiger partial charge in [-0.15, -0.1) is 11.3 Å². The average molecular weight is 409 g/mol. The Morgan fingerprint density at radius 1 is 1.33 bits per heavy atom. The minimum Gasteiger partial charge on any atom is -0.353 e. The number of rotatable bonds is 6. The number of fused-ring (bicyclic) bond motifs is 1. The zero-order valence-corrected chi connectivity index (χ0v) is 16.3. The Morgan fingerprint density at radius 3 is 2.70 bits per heavy atom. The van der Waals surface area contributed by atoms with E-state index in [0.29, 0.717) is 10.2 Å². The van der Waals surface area contributed by atoms with E-state index in [2.05, 4.69) is 10.3 Å². The Hall–Kier alpha value is -2.26. The molecule has 2 aromatic heterocycles. The number of carbonyl (C=O) groups is 1. The Bertz CT molecular complexity index is 1030. The zero-order chi connectivity index (χ0) is 19.6. The lowest BCUT2D eigenvalue weighted by Gasteiger charge is -2.14. The lowest BCUT2D eigenvalue weighted by atomic mass is 10.3. The highest BCUT2D eigenvalue weighted by atomic mass is 32.2. The molecule has 1 N–H and O–H groups in total. The fourth-order valence-electron chi connectivity index (χ4n) is 2.43.